The number of amides is 1. The van der Waals surface area contributed by atoms with Crippen molar-refractivity contribution < 1.29 is 9.53 Å². The van der Waals surface area contributed by atoms with Crippen molar-refractivity contribution in [2.45, 2.75) is 56.2 Å². The summed E-state index contributed by atoms with van der Waals surface area (Å²) in [5, 5.41) is 9.85. The van der Waals surface area contributed by atoms with Crippen LogP contribution in [0.25, 0.3) is 10.9 Å². The van der Waals surface area contributed by atoms with E-state index in [1.165, 1.54) is 11.8 Å². The van der Waals surface area contributed by atoms with E-state index in [2.05, 4.69) is 20.2 Å². The summed E-state index contributed by atoms with van der Waals surface area (Å²) >= 11 is 1.45. The van der Waals surface area contributed by atoms with Gasteiger partial charge >= 0.3 is 0 Å². The average molecular weight is 429 g/mol. The normalized spacial score (nSPS) is 16.4. The van der Waals surface area contributed by atoms with Crippen molar-refractivity contribution in [1.29, 1.82) is 0 Å². The molecule has 1 aromatic carbocycles. The van der Waals surface area contributed by atoms with Crippen molar-refractivity contribution in [1.82, 2.24) is 24.7 Å². The maximum atomic E-state index is 12.4. The van der Waals surface area contributed by atoms with Crippen LogP contribution in [-0.4, -0.2) is 43.4 Å². The van der Waals surface area contributed by atoms with Crippen molar-refractivity contribution in [2.24, 2.45) is 5.73 Å². The average Bonchev–Trinajstić information content (AvgIpc) is 3.36. The highest BCUT2D eigenvalue weighted by molar-refractivity contribution is 7.98. The number of hydrogen-bond acceptors (Lipinski definition) is 7. The summed E-state index contributed by atoms with van der Waals surface area (Å²) in [6, 6.07) is 5.56. The topological polar surface area (TPSA) is 129 Å². The molecule has 1 amide bonds. The molecule has 4 rings (SSSR count). The van der Waals surface area contributed by atoms with E-state index in [4.69, 9.17) is 10.5 Å². The minimum absolute atomic E-state index is 0.105. The summed E-state index contributed by atoms with van der Waals surface area (Å²) in [6.45, 7) is 3.33. The van der Waals surface area contributed by atoms with Gasteiger partial charge in [-0.2, -0.15) is 0 Å². The number of thioether (sulfide) groups is 1. The highest BCUT2D eigenvalue weighted by atomic mass is 32.2. The number of aryl methyl sites for hydroxylation is 2. The predicted octanol–water partition coefficient (Wildman–Crippen LogP) is 1.71. The number of aromatic amines is 1. The fourth-order valence-corrected chi connectivity index (χ4v) is 4.41. The number of aromatic nitrogens is 5. The van der Waals surface area contributed by atoms with Gasteiger partial charge in [-0.1, -0.05) is 23.9 Å². The molecule has 2 aromatic heterocycles. The molecule has 0 aliphatic carbocycles. The number of nitrogens with one attached hydrogen (secondary N) is 1. The third-order valence-electron chi connectivity index (χ3n) is 5.12. The van der Waals surface area contributed by atoms with Gasteiger partial charge in [0.25, 0.3) is 5.56 Å². The number of rotatable bonds is 8. The lowest BCUT2D eigenvalue weighted by Crippen LogP contribution is -2.19. The zero-order valence-corrected chi connectivity index (χ0v) is 17.6. The van der Waals surface area contributed by atoms with Crippen molar-refractivity contribution in [2.75, 3.05) is 6.61 Å². The van der Waals surface area contributed by atoms with E-state index in [1.54, 1.807) is 6.07 Å². The SMILES string of the molecule is Cc1cccc2c(=O)[nH]c(CSc3nnc(CCC(N)=O)n3C[C@@H]3CCCO3)nc12. The van der Waals surface area contributed by atoms with Gasteiger partial charge in [0, 0.05) is 19.4 Å². The Morgan fingerprint density at radius 2 is 2.27 bits per heavy atom. The number of nitrogens with two attached hydrogens (primary N) is 1. The highest BCUT2D eigenvalue weighted by Crippen LogP contribution is 2.24. The van der Waals surface area contributed by atoms with Gasteiger partial charge in [0.2, 0.25) is 5.91 Å². The maximum Gasteiger partial charge on any atom is 0.258 e. The molecule has 1 fully saturated rings. The Kier molecular flexibility index (Phi) is 6.14. The molecule has 1 atom stereocenters. The number of H-pyrrole nitrogens is 1. The van der Waals surface area contributed by atoms with Gasteiger partial charge in [-0.05, 0) is 31.4 Å². The van der Waals surface area contributed by atoms with Gasteiger partial charge in [-0.3, -0.25) is 9.59 Å². The third kappa shape index (κ3) is 4.54. The molecule has 30 heavy (non-hydrogen) atoms. The van der Waals surface area contributed by atoms with Gasteiger partial charge in [-0.25, -0.2) is 4.98 Å². The maximum absolute atomic E-state index is 12.4. The zero-order valence-electron chi connectivity index (χ0n) is 16.8. The Morgan fingerprint density at radius 3 is 3.03 bits per heavy atom. The van der Waals surface area contributed by atoms with Crippen molar-refractivity contribution >= 4 is 28.6 Å². The van der Waals surface area contributed by atoms with Crippen LogP contribution < -0.4 is 11.3 Å². The molecule has 0 saturated carbocycles. The van der Waals surface area contributed by atoms with Gasteiger partial charge in [-0.15, -0.1) is 10.2 Å². The van der Waals surface area contributed by atoms with E-state index in [0.717, 1.165) is 25.0 Å². The Balaban J connectivity index is 1.56. The fourth-order valence-electron chi connectivity index (χ4n) is 3.57. The lowest BCUT2D eigenvalue weighted by Gasteiger charge is -2.14. The lowest BCUT2D eigenvalue weighted by atomic mass is 10.1. The van der Waals surface area contributed by atoms with Crippen LogP contribution in [0, 0.1) is 6.92 Å². The van der Waals surface area contributed by atoms with E-state index >= 15 is 0 Å². The molecule has 1 saturated heterocycles. The monoisotopic (exact) mass is 428 g/mol. The second-order valence-corrected chi connectivity index (χ2v) is 8.33. The molecule has 3 N–H and O–H groups in total. The molecule has 158 valence electrons. The smallest absolute Gasteiger partial charge is 0.258 e. The summed E-state index contributed by atoms with van der Waals surface area (Å²) in [5.41, 5.74) is 6.81. The van der Waals surface area contributed by atoms with Crippen LogP contribution in [-0.2, 0) is 28.2 Å². The van der Waals surface area contributed by atoms with Crippen molar-refractivity contribution in [3.05, 3.63) is 45.8 Å². The molecule has 1 aliphatic heterocycles. The Morgan fingerprint density at radius 1 is 1.40 bits per heavy atom. The molecule has 1 aliphatic rings. The molecule has 9 nitrogen and oxygen atoms in total. The standard InChI is InChI=1S/C20H24N6O3S/c1-12-4-2-6-14-18(12)22-16(23-19(14)28)11-30-20-25-24-17(8-7-15(21)27)26(20)10-13-5-3-9-29-13/h2,4,6,13H,3,5,7-11H2,1H3,(H2,21,27)(H,22,23,28)/t13-/m0/s1. The molecule has 3 aromatic rings. The second kappa shape index (κ2) is 8.97. The number of carbonyl (C=O) groups is 1. The molecule has 0 unspecified atom stereocenters. The molecule has 0 radical (unpaired) electrons. The summed E-state index contributed by atoms with van der Waals surface area (Å²) in [7, 11) is 0. The van der Waals surface area contributed by atoms with Crippen LogP contribution in [0.5, 0.6) is 0 Å². The summed E-state index contributed by atoms with van der Waals surface area (Å²) in [6.07, 6.45) is 2.77. The van der Waals surface area contributed by atoms with Gasteiger partial charge in [0.15, 0.2) is 5.16 Å². The van der Waals surface area contributed by atoms with E-state index in [-0.39, 0.29) is 24.0 Å². The fraction of sp³-hybridized carbons (Fsp3) is 0.450. The number of para-hydroxylation sites is 1. The van der Waals surface area contributed by atoms with Crippen LogP contribution in [0.1, 0.15) is 36.5 Å². The number of hydrogen-bond donors (Lipinski definition) is 2. The van der Waals surface area contributed by atoms with Crippen molar-refractivity contribution in [3.63, 3.8) is 0 Å². The number of nitrogens with zero attached hydrogens (tertiary/aromatic N) is 4. The Bertz CT molecular complexity index is 1120. The second-order valence-electron chi connectivity index (χ2n) is 7.38. The summed E-state index contributed by atoms with van der Waals surface area (Å²) in [5.74, 6) is 1.36. The Hall–Kier alpha value is -2.72. The number of ether oxygens (including phenoxy) is 1. The van der Waals surface area contributed by atoms with E-state index in [0.29, 0.717) is 46.4 Å². The molecular weight excluding hydrogens is 404 g/mol. The highest BCUT2D eigenvalue weighted by Gasteiger charge is 2.21. The van der Waals surface area contributed by atoms with E-state index in [1.807, 2.05) is 23.6 Å². The minimum Gasteiger partial charge on any atom is -0.376 e. The molecule has 0 bridgehead atoms. The minimum atomic E-state index is -0.371. The van der Waals surface area contributed by atoms with Crippen LogP contribution in [0.4, 0.5) is 0 Å². The van der Waals surface area contributed by atoms with Crippen LogP contribution in [0.3, 0.4) is 0 Å². The quantitative estimate of drug-likeness (QED) is 0.523. The van der Waals surface area contributed by atoms with Gasteiger partial charge in [0.05, 0.1) is 29.3 Å². The zero-order chi connectivity index (χ0) is 21.1. The first-order valence-electron chi connectivity index (χ1n) is 9.94. The first-order valence-corrected chi connectivity index (χ1v) is 10.9. The third-order valence-corrected chi connectivity index (χ3v) is 6.10. The van der Waals surface area contributed by atoms with E-state index in [9.17, 15) is 9.59 Å². The summed E-state index contributed by atoms with van der Waals surface area (Å²) in [4.78, 5) is 31.1. The number of primary amides is 1. The molecule has 10 heteroatoms. The molecule has 0 spiro atoms. The number of benzene rings is 1. The Labute approximate surface area is 177 Å². The first kappa shape index (κ1) is 20.5. The van der Waals surface area contributed by atoms with Crippen LogP contribution in [0.2, 0.25) is 0 Å². The number of fused-ring (bicyclic) bond motifs is 1. The van der Waals surface area contributed by atoms with Crippen LogP contribution in [0.15, 0.2) is 28.2 Å². The predicted molar refractivity (Wildman–Crippen MR) is 113 cm³/mol. The van der Waals surface area contributed by atoms with Gasteiger partial charge in [0.1, 0.15) is 11.6 Å². The van der Waals surface area contributed by atoms with E-state index < -0.39 is 0 Å². The van der Waals surface area contributed by atoms with Gasteiger partial charge < -0.3 is 20.0 Å². The largest absolute Gasteiger partial charge is 0.376 e. The number of carbonyl (C=O) groups excluding carboxylic acids is 1. The lowest BCUT2D eigenvalue weighted by molar-refractivity contribution is -0.118. The van der Waals surface area contributed by atoms with Crippen LogP contribution >= 0.6 is 11.8 Å². The molecular formula is C20H24N6O3S. The van der Waals surface area contributed by atoms with Crippen molar-refractivity contribution in [3.8, 4) is 0 Å². The summed E-state index contributed by atoms with van der Waals surface area (Å²) < 4.78 is 7.76. The molecule has 3 heterocycles. The first-order chi connectivity index (χ1) is 14.5.